The van der Waals surface area contributed by atoms with Crippen LogP contribution in [0.1, 0.15) is 19.8 Å². The van der Waals surface area contributed by atoms with Crippen LogP contribution in [0.15, 0.2) is 30.5 Å². The molecule has 1 heterocycles. The number of pyridine rings is 1. The Bertz CT molecular complexity index is 684. The van der Waals surface area contributed by atoms with Crippen molar-refractivity contribution in [1.29, 1.82) is 0 Å². The summed E-state index contributed by atoms with van der Waals surface area (Å²) < 4.78 is 14.0. The van der Waals surface area contributed by atoms with Gasteiger partial charge in [0, 0.05) is 23.7 Å². The quantitative estimate of drug-likeness (QED) is 0.639. The highest BCUT2D eigenvalue weighted by Crippen LogP contribution is 2.28. The van der Waals surface area contributed by atoms with Crippen molar-refractivity contribution >= 4 is 24.4 Å². The van der Waals surface area contributed by atoms with E-state index in [9.17, 15) is 0 Å². The second kappa shape index (κ2) is 9.56. The van der Waals surface area contributed by atoms with Crippen LogP contribution in [-0.4, -0.2) is 29.6 Å². The van der Waals surface area contributed by atoms with Crippen molar-refractivity contribution in [3.8, 4) is 5.75 Å². The van der Waals surface area contributed by atoms with E-state index in [1.807, 2.05) is 30.5 Å². The third-order valence-corrected chi connectivity index (χ3v) is 3.16. The number of phosphoric acid groups is 1. The highest BCUT2D eigenvalue weighted by Gasteiger charge is 2.08. The molecule has 1 unspecified atom stereocenters. The molecule has 0 aliphatic carbocycles. The summed E-state index contributed by atoms with van der Waals surface area (Å²) in [7, 11) is -3.46. The first-order valence-electron chi connectivity index (χ1n) is 7.38. The van der Waals surface area contributed by atoms with E-state index >= 15 is 0 Å². The first-order chi connectivity index (χ1) is 11.2. The number of nitrogens with zero attached hydrogens (tertiary/aromatic N) is 1. The Morgan fingerprint density at radius 3 is 2.71 bits per heavy atom. The van der Waals surface area contributed by atoms with Crippen molar-refractivity contribution in [3.63, 3.8) is 0 Å². The van der Waals surface area contributed by atoms with Crippen LogP contribution in [0.3, 0.4) is 0 Å². The number of ether oxygens (including phenoxy) is 1. The molecule has 2 aromatic rings. The maximum Gasteiger partial charge on any atom is 0.121 e. The Hall–Kier alpha value is -1.70. The molecule has 0 fully saturated rings. The van der Waals surface area contributed by atoms with E-state index in [2.05, 4.69) is 17.2 Å². The minimum absolute atomic E-state index is 0.362. The van der Waals surface area contributed by atoms with Crippen molar-refractivity contribution in [2.75, 3.05) is 19.0 Å². The zero-order valence-electron chi connectivity index (χ0n) is 13.6. The van der Waals surface area contributed by atoms with Gasteiger partial charge >= 0.3 is 0 Å². The first-order valence-corrected chi connectivity index (χ1v) is 8.88. The monoisotopic (exact) mass is 355 g/mol. The van der Waals surface area contributed by atoms with Crippen LogP contribution in [0, 0.1) is 0 Å². The van der Waals surface area contributed by atoms with Gasteiger partial charge in [-0.1, -0.05) is 6.07 Å². The summed E-state index contributed by atoms with van der Waals surface area (Å²) in [5.74, 6) is 0.842. The van der Waals surface area contributed by atoms with E-state index in [0.29, 0.717) is 6.04 Å². The molecule has 0 saturated heterocycles. The number of aromatic nitrogens is 1. The molecule has 1 atom stereocenters. The molecular weight excluding hydrogens is 333 g/mol. The highest BCUT2D eigenvalue weighted by molar-refractivity contribution is 7.42. The zero-order chi connectivity index (χ0) is 18.2. The molecule has 1 aromatic carbocycles. The second-order valence-electron chi connectivity index (χ2n) is 5.19. The van der Waals surface area contributed by atoms with Gasteiger partial charge in [0.1, 0.15) is 5.75 Å². The van der Waals surface area contributed by atoms with Crippen molar-refractivity contribution in [3.05, 3.63) is 30.5 Å². The van der Waals surface area contributed by atoms with E-state index in [0.717, 1.165) is 41.7 Å². The Kier molecular flexibility index (Phi) is 8.10. The number of methoxy groups -OCH3 is 1. The highest BCUT2D eigenvalue weighted by atomic mass is 31.2. The molecule has 2 rings (SSSR count). The van der Waals surface area contributed by atoms with Crippen LogP contribution in [0.5, 0.6) is 5.75 Å². The van der Waals surface area contributed by atoms with Gasteiger partial charge in [-0.15, -0.1) is 0 Å². The van der Waals surface area contributed by atoms with Crippen molar-refractivity contribution in [2.45, 2.75) is 25.8 Å². The number of benzene rings is 1. The summed E-state index contributed by atoms with van der Waals surface area (Å²) >= 11 is 0. The lowest BCUT2D eigenvalue weighted by molar-refractivity contribution is -0.337. The van der Waals surface area contributed by atoms with Gasteiger partial charge in [-0.25, -0.2) is 0 Å². The topological polar surface area (TPSA) is 144 Å². The molecule has 9 heteroatoms. The van der Waals surface area contributed by atoms with Crippen molar-refractivity contribution in [2.24, 2.45) is 5.73 Å². The molecule has 0 radical (unpaired) electrons. The average Bonchev–Trinajstić information content (AvgIpc) is 2.51. The lowest BCUT2D eigenvalue weighted by atomic mass is 10.1. The third kappa shape index (κ3) is 7.72. The molecule has 1 aromatic heterocycles. The number of hydrogen-bond acceptors (Lipinski definition) is 7. The number of hydrogen-bond donors (Lipinski definition) is 3. The molecular formula is C15H22N3O5P-2. The lowest BCUT2D eigenvalue weighted by Gasteiger charge is -2.19. The van der Waals surface area contributed by atoms with Crippen molar-refractivity contribution in [1.82, 2.24) is 4.98 Å². The van der Waals surface area contributed by atoms with Crippen molar-refractivity contribution < 1.29 is 24.0 Å². The molecule has 4 N–H and O–H groups in total. The van der Waals surface area contributed by atoms with E-state index in [-0.39, 0.29) is 0 Å². The number of nitrogens with one attached hydrogen (secondary N) is 1. The van der Waals surface area contributed by atoms with Crippen LogP contribution in [0.2, 0.25) is 0 Å². The number of nitrogens with two attached hydrogens (primary N) is 1. The molecule has 134 valence electrons. The molecule has 0 amide bonds. The summed E-state index contributed by atoms with van der Waals surface area (Å²) in [5.41, 5.74) is 7.53. The average molecular weight is 355 g/mol. The second-order valence-corrected chi connectivity index (χ2v) is 6.13. The van der Waals surface area contributed by atoms with Crippen LogP contribution in [0.4, 0.5) is 5.69 Å². The Morgan fingerprint density at radius 1 is 1.46 bits per heavy atom. The van der Waals surface area contributed by atoms with Gasteiger partial charge < -0.3 is 35.0 Å². The van der Waals surface area contributed by atoms with Crippen LogP contribution < -0.4 is 25.6 Å². The molecule has 24 heavy (non-hydrogen) atoms. The SMILES string of the molecule is COc1cc(NC(C)CCCN)c2ncccc2c1.O=P([O-])([O-])O. The Morgan fingerprint density at radius 2 is 2.12 bits per heavy atom. The summed E-state index contributed by atoms with van der Waals surface area (Å²) in [5, 5.41) is 4.58. The Balaban J connectivity index is 0.000000505. The van der Waals surface area contributed by atoms with E-state index in [4.69, 9.17) is 29.7 Å². The minimum Gasteiger partial charge on any atom is -0.790 e. The number of anilines is 1. The van der Waals surface area contributed by atoms with E-state index < -0.39 is 7.82 Å². The first kappa shape index (κ1) is 20.3. The molecule has 0 spiro atoms. The predicted octanol–water partition coefficient (Wildman–Crippen LogP) is 0.590. The van der Waals surface area contributed by atoms with Crippen LogP contribution in [-0.2, 0) is 4.57 Å². The van der Waals surface area contributed by atoms with Gasteiger partial charge in [0.05, 0.1) is 26.1 Å². The summed E-state index contributed by atoms with van der Waals surface area (Å²) in [4.78, 5) is 28.7. The largest absolute Gasteiger partial charge is 0.790 e. The Labute approximate surface area is 140 Å². The fourth-order valence-corrected chi connectivity index (χ4v) is 2.15. The molecule has 0 aliphatic rings. The van der Waals surface area contributed by atoms with Gasteiger partial charge in [0.25, 0.3) is 0 Å². The maximum atomic E-state index is 8.66. The number of rotatable bonds is 6. The van der Waals surface area contributed by atoms with Gasteiger partial charge in [-0.2, -0.15) is 0 Å². The van der Waals surface area contributed by atoms with Gasteiger partial charge in [-0.3, -0.25) is 4.98 Å². The normalized spacial score (nSPS) is 12.2. The summed E-state index contributed by atoms with van der Waals surface area (Å²) in [6, 6.07) is 8.33. The van der Waals surface area contributed by atoms with Crippen LogP contribution in [0.25, 0.3) is 10.9 Å². The van der Waals surface area contributed by atoms with Gasteiger partial charge in [-0.05, 0) is 38.4 Å². The lowest BCUT2D eigenvalue weighted by Crippen LogP contribution is -2.17. The van der Waals surface area contributed by atoms with Gasteiger partial charge in [0.15, 0.2) is 0 Å². The maximum absolute atomic E-state index is 8.66. The fraction of sp³-hybridized carbons (Fsp3) is 0.400. The summed E-state index contributed by atoms with van der Waals surface area (Å²) in [6.07, 6.45) is 3.87. The van der Waals surface area contributed by atoms with E-state index in [1.54, 1.807) is 7.11 Å². The standard InChI is InChI=1S/C15H21N3O.H3O4P/c1-11(5-3-7-16)18-14-10-13(19-2)9-12-6-4-8-17-15(12)14;1-5(2,3)4/h4,6,8-11,18H,3,5,7,16H2,1-2H3;(H3,1,2,3,4)/p-2. The third-order valence-electron chi connectivity index (χ3n) is 3.16. The molecule has 0 bridgehead atoms. The molecule has 0 aliphatic heterocycles. The minimum atomic E-state index is -5.14. The molecule has 8 nitrogen and oxygen atoms in total. The summed E-state index contributed by atoms with van der Waals surface area (Å²) in [6.45, 7) is 2.88. The zero-order valence-corrected chi connectivity index (χ0v) is 14.5. The van der Waals surface area contributed by atoms with E-state index in [1.165, 1.54) is 0 Å². The fourth-order valence-electron chi connectivity index (χ4n) is 2.15. The molecule has 0 saturated carbocycles. The predicted molar refractivity (Wildman–Crippen MR) is 89.5 cm³/mol. The number of fused-ring (bicyclic) bond motifs is 1. The van der Waals surface area contributed by atoms with Crippen LogP contribution >= 0.6 is 7.82 Å². The van der Waals surface area contributed by atoms with Gasteiger partial charge in [0.2, 0.25) is 0 Å². The smallest absolute Gasteiger partial charge is 0.121 e.